The maximum atomic E-state index is 12.6. The van der Waals surface area contributed by atoms with Gasteiger partial charge in [-0.3, -0.25) is 15.1 Å². The van der Waals surface area contributed by atoms with E-state index in [-0.39, 0.29) is 39.1 Å². The molecule has 0 saturated heterocycles. The summed E-state index contributed by atoms with van der Waals surface area (Å²) in [6, 6.07) is 12.3. The van der Waals surface area contributed by atoms with E-state index in [2.05, 4.69) is 4.98 Å². The van der Waals surface area contributed by atoms with E-state index in [1.165, 1.54) is 42.6 Å². The van der Waals surface area contributed by atoms with Crippen LogP contribution >= 0.6 is 0 Å². The topological polar surface area (TPSA) is 160 Å². The zero-order chi connectivity index (χ0) is 21.8. The minimum atomic E-state index is -1.26. The van der Waals surface area contributed by atoms with Crippen LogP contribution in [0.4, 0.5) is 4.79 Å². The van der Waals surface area contributed by atoms with Gasteiger partial charge in [-0.25, -0.2) is 14.4 Å². The lowest BCUT2D eigenvalue weighted by molar-refractivity contribution is 0.0686. The lowest BCUT2D eigenvalue weighted by Crippen LogP contribution is -2.35. The number of hydrogen-bond donors (Lipinski definition) is 4. The number of carboxylic acid groups (broad SMARTS) is 2. The summed E-state index contributed by atoms with van der Waals surface area (Å²) in [5.41, 5.74) is 5.26. The largest absolute Gasteiger partial charge is 0.478 e. The summed E-state index contributed by atoms with van der Waals surface area (Å²) >= 11 is 0. The van der Waals surface area contributed by atoms with Crippen LogP contribution in [0.15, 0.2) is 60.8 Å². The Hall–Kier alpha value is -4.53. The van der Waals surface area contributed by atoms with E-state index in [1.54, 1.807) is 18.2 Å². The predicted molar refractivity (Wildman–Crippen MR) is 106 cm³/mol. The summed E-state index contributed by atoms with van der Waals surface area (Å²) in [6.45, 7) is 0. The van der Waals surface area contributed by atoms with Gasteiger partial charge in [0.1, 0.15) is 5.69 Å². The van der Waals surface area contributed by atoms with Crippen molar-refractivity contribution in [3.05, 3.63) is 77.6 Å². The van der Waals surface area contributed by atoms with Crippen molar-refractivity contribution in [1.29, 1.82) is 0 Å². The first-order valence-electron chi connectivity index (χ1n) is 8.56. The number of nitrogens with one attached hydrogen (secondary N) is 1. The second kappa shape index (κ2) is 8.23. The van der Waals surface area contributed by atoms with Crippen LogP contribution in [0, 0.1) is 0 Å². The van der Waals surface area contributed by atoms with E-state index in [4.69, 9.17) is 5.73 Å². The van der Waals surface area contributed by atoms with Crippen molar-refractivity contribution in [2.75, 3.05) is 0 Å². The molecular formula is C21H15N3O6. The molecule has 0 fully saturated rings. The first kappa shape index (κ1) is 20.2. The molecule has 150 valence electrons. The smallest absolute Gasteiger partial charge is 0.336 e. The minimum absolute atomic E-state index is 0.0565. The molecule has 1 heterocycles. The Morgan fingerprint density at radius 3 is 1.87 bits per heavy atom. The number of imide groups is 1. The van der Waals surface area contributed by atoms with Gasteiger partial charge >= 0.3 is 18.0 Å². The Kier molecular flexibility index (Phi) is 5.54. The standard InChI is InChI=1S/C21H15N3O6/c22-21(30)24-18(25)17-16(12-6-2-4-8-15(12)20(28)29)13(9-10-23-17)11-5-1-3-7-14(11)19(26)27/h1-10H,(H,26,27)(H,28,29)(H3,22,24,25,30). The highest BCUT2D eigenvalue weighted by Gasteiger charge is 2.25. The fraction of sp³-hybridized carbons (Fsp3) is 0. The fourth-order valence-corrected chi connectivity index (χ4v) is 3.09. The Labute approximate surface area is 169 Å². The van der Waals surface area contributed by atoms with Crippen molar-refractivity contribution in [2.24, 2.45) is 5.73 Å². The summed E-state index contributed by atoms with van der Waals surface area (Å²) in [5, 5.41) is 21.1. The van der Waals surface area contributed by atoms with E-state index >= 15 is 0 Å². The van der Waals surface area contributed by atoms with Gasteiger partial charge in [-0.15, -0.1) is 0 Å². The average molecular weight is 405 g/mol. The molecule has 2 aromatic carbocycles. The van der Waals surface area contributed by atoms with E-state index in [0.717, 1.165) is 0 Å². The van der Waals surface area contributed by atoms with E-state index in [0.29, 0.717) is 0 Å². The number of carboxylic acids is 2. The van der Waals surface area contributed by atoms with Crippen molar-refractivity contribution < 1.29 is 29.4 Å². The number of nitrogens with zero attached hydrogens (tertiary/aromatic N) is 1. The summed E-state index contributed by atoms with van der Waals surface area (Å²) < 4.78 is 0. The van der Waals surface area contributed by atoms with E-state index in [1.807, 2.05) is 5.32 Å². The number of primary amides is 1. The highest BCUT2D eigenvalue weighted by Crippen LogP contribution is 2.37. The van der Waals surface area contributed by atoms with Gasteiger partial charge in [0.05, 0.1) is 11.1 Å². The number of amides is 3. The van der Waals surface area contributed by atoms with Crippen molar-refractivity contribution in [1.82, 2.24) is 10.3 Å². The second-order valence-corrected chi connectivity index (χ2v) is 6.10. The van der Waals surface area contributed by atoms with Crippen molar-refractivity contribution in [3.63, 3.8) is 0 Å². The summed E-state index contributed by atoms with van der Waals surface area (Å²) in [6.07, 6.45) is 1.26. The molecule has 30 heavy (non-hydrogen) atoms. The number of nitrogens with two attached hydrogens (primary N) is 1. The van der Waals surface area contributed by atoms with Gasteiger partial charge in [-0.05, 0) is 34.9 Å². The van der Waals surface area contributed by atoms with Crippen LogP contribution in [-0.2, 0) is 0 Å². The number of carbonyl (C=O) groups is 4. The molecule has 3 amide bonds. The van der Waals surface area contributed by atoms with Gasteiger partial charge in [0.25, 0.3) is 5.91 Å². The molecule has 0 aliphatic heterocycles. The number of aromatic nitrogens is 1. The molecule has 0 spiro atoms. The first-order valence-corrected chi connectivity index (χ1v) is 8.56. The number of urea groups is 1. The Morgan fingerprint density at radius 2 is 1.30 bits per heavy atom. The zero-order valence-corrected chi connectivity index (χ0v) is 15.3. The zero-order valence-electron chi connectivity index (χ0n) is 15.3. The third-order valence-corrected chi connectivity index (χ3v) is 4.28. The lowest BCUT2D eigenvalue weighted by atomic mass is 9.88. The maximum absolute atomic E-state index is 12.6. The van der Waals surface area contributed by atoms with Crippen molar-refractivity contribution in [2.45, 2.75) is 0 Å². The Morgan fingerprint density at radius 1 is 0.767 bits per heavy atom. The maximum Gasteiger partial charge on any atom is 0.336 e. The molecular weight excluding hydrogens is 390 g/mol. The fourth-order valence-electron chi connectivity index (χ4n) is 3.09. The second-order valence-electron chi connectivity index (χ2n) is 6.10. The minimum Gasteiger partial charge on any atom is -0.478 e. The number of benzene rings is 2. The normalized spacial score (nSPS) is 10.3. The molecule has 0 radical (unpaired) electrons. The number of aromatic carboxylic acids is 2. The molecule has 3 rings (SSSR count). The van der Waals surface area contributed by atoms with Gasteiger partial charge in [-0.1, -0.05) is 36.4 Å². The summed E-state index contributed by atoms with van der Waals surface area (Å²) in [5.74, 6) is -3.41. The van der Waals surface area contributed by atoms with Crippen LogP contribution in [0.3, 0.4) is 0 Å². The van der Waals surface area contributed by atoms with Crippen molar-refractivity contribution in [3.8, 4) is 22.3 Å². The van der Waals surface area contributed by atoms with Gasteiger partial charge in [0.15, 0.2) is 0 Å². The molecule has 0 unspecified atom stereocenters. The van der Waals surface area contributed by atoms with Crippen LogP contribution in [0.2, 0.25) is 0 Å². The van der Waals surface area contributed by atoms with Crippen LogP contribution in [0.1, 0.15) is 31.2 Å². The molecule has 9 heteroatoms. The van der Waals surface area contributed by atoms with Gasteiger partial charge in [0, 0.05) is 11.8 Å². The highest BCUT2D eigenvalue weighted by molar-refractivity contribution is 6.11. The van der Waals surface area contributed by atoms with Crippen LogP contribution in [-0.4, -0.2) is 39.1 Å². The van der Waals surface area contributed by atoms with Crippen LogP contribution in [0.25, 0.3) is 22.3 Å². The molecule has 0 aliphatic rings. The Balaban J connectivity index is 2.42. The molecule has 5 N–H and O–H groups in total. The van der Waals surface area contributed by atoms with Gasteiger partial charge in [-0.2, -0.15) is 0 Å². The molecule has 0 saturated carbocycles. The quantitative estimate of drug-likeness (QED) is 0.507. The monoisotopic (exact) mass is 405 g/mol. The predicted octanol–water partition coefficient (Wildman–Crippen LogP) is 2.62. The average Bonchev–Trinajstić information content (AvgIpc) is 2.72. The molecule has 3 aromatic rings. The Bertz CT molecular complexity index is 1190. The lowest BCUT2D eigenvalue weighted by Gasteiger charge is -2.17. The van der Waals surface area contributed by atoms with E-state index < -0.39 is 23.9 Å². The number of hydrogen-bond acceptors (Lipinski definition) is 5. The molecule has 0 atom stereocenters. The molecule has 1 aromatic heterocycles. The highest BCUT2D eigenvalue weighted by atomic mass is 16.4. The summed E-state index contributed by atoms with van der Waals surface area (Å²) in [7, 11) is 0. The van der Waals surface area contributed by atoms with Crippen LogP contribution < -0.4 is 11.1 Å². The third kappa shape index (κ3) is 3.85. The number of carbonyl (C=O) groups excluding carboxylic acids is 2. The number of rotatable bonds is 5. The van der Waals surface area contributed by atoms with Crippen LogP contribution in [0.5, 0.6) is 0 Å². The first-order chi connectivity index (χ1) is 14.3. The number of pyridine rings is 1. The third-order valence-electron chi connectivity index (χ3n) is 4.28. The van der Waals surface area contributed by atoms with E-state index in [9.17, 15) is 29.4 Å². The van der Waals surface area contributed by atoms with Gasteiger partial charge in [0.2, 0.25) is 0 Å². The molecule has 9 nitrogen and oxygen atoms in total. The van der Waals surface area contributed by atoms with Crippen molar-refractivity contribution >= 4 is 23.9 Å². The van der Waals surface area contributed by atoms with Gasteiger partial charge < -0.3 is 15.9 Å². The molecule has 0 bridgehead atoms. The summed E-state index contributed by atoms with van der Waals surface area (Å²) in [4.78, 5) is 51.3. The SMILES string of the molecule is NC(=O)NC(=O)c1nccc(-c2ccccc2C(=O)O)c1-c1ccccc1C(=O)O. The molecule has 0 aliphatic carbocycles.